The second kappa shape index (κ2) is 9.05. The predicted molar refractivity (Wildman–Crippen MR) is 101 cm³/mol. The number of benzene rings is 1. The van der Waals surface area contributed by atoms with E-state index in [1.165, 1.54) is 0 Å². The molecular formula is C20H23N5O2. The van der Waals surface area contributed by atoms with Crippen molar-refractivity contribution in [2.24, 2.45) is 0 Å². The first-order valence-corrected chi connectivity index (χ1v) is 9.20. The van der Waals surface area contributed by atoms with Gasteiger partial charge in [-0.25, -0.2) is 14.8 Å². The third kappa shape index (κ3) is 4.99. The molecule has 7 heteroatoms. The largest absolute Gasteiger partial charge is 0.454 e. The summed E-state index contributed by atoms with van der Waals surface area (Å²) in [6.45, 7) is 1.98. The molecule has 0 amide bonds. The van der Waals surface area contributed by atoms with Crippen molar-refractivity contribution >= 4 is 17.6 Å². The molecule has 0 bridgehead atoms. The summed E-state index contributed by atoms with van der Waals surface area (Å²) in [4.78, 5) is 24.3. The lowest BCUT2D eigenvalue weighted by molar-refractivity contribution is -0.147. The Morgan fingerprint density at radius 2 is 1.85 bits per heavy atom. The summed E-state index contributed by atoms with van der Waals surface area (Å²) in [5.74, 6) is -0.298. The number of esters is 1. The lowest BCUT2D eigenvalue weighted by Gasteiger charge is -2.22. The monoisotopic (exact) mass is 365 g/mol. The van der Waals surface area contributed by atoms with Crippen molar-refractivity contribution in [1.29, 1.82) is 0 Å². The zero-order valence-electron chi connectivity index (χ0n) is 15.3. The highest BCUT2D eigenvalue weighted by atomic mass is 16.5. The minimum Gasteiger partial charge on any atom is -0.454 e. The van der Waals surface area contributed by atoms with Crippen molar-refractivity contribution in [3.63, 3.8) is 0 Å². The van der Waals surface area contributed by atoms with Gasteiger partial charge in [0.15, 0.2) is 6.04 Å². The normalized spacial score (nSPS) is 15.4. The summed E-state index contributed by atoms with van der Waals surface area (Å²) >= 11 is 0. The van der Waals surface area contributed by atoms with E-state index in [4.69, 9.17) is 4.74 Å². The first-order valence-electron chi connectivity index (χ1n) is 9.20. The number of ether oxygens (including phenoxy) is 1. The molecule has 1 atom stereocenters. The van der Waals surface area contributed by atoms with Crippen LogP contribution in [0.25, 0.3) is 5.53 Å². The van der Waals surface area contributed by atoms with Gasteiger partial charge in [-0.1, -0.05) is 36.2 Å². The van der Waals surface area contributed by atoms with Crippen LogP contribution >= 0.6 is 0 Å². The summed E-state index contributed by atoms with van der Waals surface area (Å²) in [7, 11) is 0. The molecule has 1 aromatic heterocycles. The molecule has 3 rings (SSSR count). The molecule has 0 radical (unpaired) electrons. The number of nitrogens with one attached hydrogen (secondary N) is 1. The number of hydrogen-bond acceptors (Lipinski definition) is 5. The van der Waals surface area contributed by atoms with Gasteiger partial charge in [-0.2, -0.15) is 4.79 Å². The number of hydrogen-bond donors (Lipinski definition) is 1. The van der Waals surface area contributed by atoms with E-state index in [1.54, 1.807) is 18.5 Å². The van der Waals surface area contributed by atoms with E-state index in [0.29, 0.717) is 5.95 Å². The first kappa shape index (κ1) is 18.7. The van der Waals surface area contributed by atoms with Gasteiger partial charge in [0.2, 0.25) is 5.95 Å². The molecule has 1 unspecified atom stereocenters. The predicted octanol–water partition coefficient (Wildman–Crippen LogP) is 3.48. The molecule has 1 heterocycles. The molecule has 1 fully saturated rings. The Hall–Kier alpha value is -3.05. The number of carbonyl (C=O) groups excluding carboxylic acids is 1. The van der Waals surface area contributed by atoms with Crippen LogP contribution in [-0.2, 0) is 9.53 Å². The molecular weight excluding hydrogens is 342 g/mol. The van der Waals surface area contributed by atoms with Crippen LogP contribution < -0.4 is 5.32 Å². The molecule has 1 aliphatic carbocycles. The molecule has 0 aliphatic heterocycles. The number of anilines is 1. The summed E-state index contributed by atoms with van der Waals surface area (Å²) in [6, 6.07) is 8.57. The Balaban J connectivity index is 1.85. The molecule has 1 aliphatic rings. The standard InChI is InChI=1S/C20H23N5O2/c1-14-8-10-15(11-9-14)17(24-20-22-12-5-13-23-20)18(25-21)19(26)27-16-6-3-2-4-7-16/h5,8-13,16-17H,2-4,6-7H2,1H3,(H,22,23,24). The van der Waals surface area contributed by atoms with E-state index < -0.39 is 12.0 Å². The van der Waals surface area contributed by atoms with E-state index in [0.717, 1.165) is 43.2 Å². The topological polar surface area (TPSA) is 101 Å². The Labute approximate surface area is 158 Å². The smallest absolute Gasteiger partial charge is 0.419 e. The number of aromatic nitrogens is 2. The summed E-state index contributed by atoms with van der Waals surface area (Å²) in [5, 5.41) is 3.07. The van der Waals surface area contributed by atoms with Crippen LogP contribution in [0.2, 0.25) is 0 Å². The van der Waals surface area contributed by atoms with Crippen molar-refractivity contribution in [1.82, 2.24) is 9.97 Å². The second-order valence-electron chi connectivity index (χ2n) is 6.71. The van der Waals surface area contributed by atoms with E-state index in [9.17, 15) is 10.3 Å². The Morgan fingerprint density at radius 3 is 2.48 bits per heavy atom. The van der Waals surface area contributed by atoms with Crippen LogP contribution in [0.5, 0.6) is 0 Å². The zero-order valence-corrected chi connectivity index (χ0v) is 15.3. The maximum absolute atomic E-state index is 12.7. The van der Waals surface area contributed by atoms with E-state index in [2.05, 4.69) is 20.1 Å². The van der Waals surface area contributed by atoms with Crippen LogP contribution in [0.3, 0.4) is 0 Å². The van der Waals surface area contributed by atoms with Crippen molar-refractivity contribution in [3.05, 3.63) is 59.4 Å². The van der Waals surface area contributed by atoms with Gasteiger partial charge in [0, 0.05) is 12.4 Å². The minimum atomic E-state index is -0.728. The maximum atomic E-state index is 12.7. The van der Waals surface area contributed by atoms with Gasteiger partial charge >= 0.3 is 11.7 Å². The van der Waals surface area contributed by atoms with E-state index in [-0.39, 0.29) is 11.8 Å². The Bertz CT molecular complexity index is 810. The molecule has 1 aromatic carbocycles. The lowest BCUT2D eigenvalue weighted by atomic mass is 9.97. The lowest BCUT2D eigenvalue weighted by Crippen LogP contribution is -2.34. The molecule has 2 aromatic rings. The zero-order chi connectivity index (χ0) is 19.1. The van der Waals surface area contributed by atoms with Crippen LogP contribution in [0, 0.1) is 6.92 Å². The molecule has 0 saturated heterocycles. The molecule has 27 heavy (non-hydrogen) atoms. The Kier molecular flexibility index (Phi) is 6.28. The SMILES string of the molecule is Cc1ccc(C(Nc2ncccn2)C(=[N+]=[N-])C(=O)OC2CCCCC2)cc1. The summed E-state index contributed by atoms with van der Waals surface area (Å²) < 4.78 is 5.60. The molecule has 1 N–H and O–H groups in total. The summed E-state index contributed by atoms with van der Waals surface area (Å²) in [5.41, 5.74) is 11.3. The van der Waals surface area contributed by atoms with Crippen LogP contribution in [0.1, 0.15) is 49.3 Å². The molecule has 0 spiro atoms. The van der Waals surface area contributed by atoms with Crippen LogP contribution in [0.4, 0.5) is 5.95 Å². The fraction of sp³-hybridized carbons (Fsp3) is 0.400. The average Bonchev–Trinajstić information content (AvgIpc) is 2.70. The third-order valence-corrected chi connectivity index (χ3v) is 4.67. The summed E-state index contributed by atoms with van der Waals surface area (Å²) in [6.07, 6.45) is 7.99. The molecule has 140 valence electrons. The molecule has 1 saturated carbocycles. The van der Waals surface area contributed by atoms with Gasteiger partial charge in [0.05, 0.1) is 0 Å². The minimum absolute atomic E-state index is 0.114. The van der Waals surface area contributed by atoms with Crippen LogP contribution in [-0.4, -0.2) is 32.5 Å². The number of aryl methyl sites for hydroxylation is 1. The Morgan fingerprint density at radius 1 is 1.19 bits per heavy atom. The van der Waals surface area contributed by atoms with Crippen molar-refractivity contribution < 1.29 is 14.3 Å². The van der Waals surface area contributed by atoms with Crippen molar-refractivity contribution in [3.8, 4) is 0 Å². The van der Waals surface area contributed by atoms with Gasteiger partial charge in [0.25, 0.3) is 0 Å². The first-order chi connectivity index (χ1) is 13.2. The number of nitrogens with zero attached hydrogens (tertiary/aromatic N) is 4. The second-order valence-corrected chi connectivity index (χ2v) is 6.71. The average molecular weight is 365 g/mol. The quantitative estimate of drug-likeness (QED) is 0.365. The van der Waals surface area contributed by atoms with E-state index in [1.807, 2.05) is 31.2 Å². The van der Waals surface area contributed by atoms with Gasteiger partial charge in [-0.3, -0.25) is 0 Å². The van der Waals surface area contributed by atoms with Gasteiger partial charge in [-0.05, 0) is 44.2 Å². The van der Waals surface area contributed by atoms with Crippen LogP contribution in [0.15, 0.2) is 42.7 Å². The van der Waals surface area contributed by atoms with Crippen molar-refractivity contribution in [2.45, 2.75) is 51.2 Å². The maximum Gasteiger partial charge on any atom is 0.419 e. The van der Waals surface area contributed by atoms with E-state index >= 15 is 0 Å². The highest BCUT2D eigenvalue weighted by Gasteiger charge is 2.36. The van der Waals surface area contributed by atoms with Gasteiger partial charge in [0.1, 0.15) is 6.10 Å². The third-order valence-electron chi connectivity index (χ3n) is 4.67. The highest BCUT2D eigenvalue weighted by molar-refractivity contribution is 6.36. The highest BCUT2D eigenvalue weighted by Crippen LogP contribution is 2.23. The van der Waals surface area contributed by atoms with Crippen molar-refractivity contribution in [2.75, 3.05) is 5.32 Å². The number of rotatable bonds is 6. The molecule has 7 nitrogen and oxygen atoms in total. The van der Waals surface area contributed by atoms with Gasteiger partial charge < -0.3 is 15.6 Å². The fourth-order valence-electron chi connectivity index (χ4n) is 3.18. The fourth-order valence-corrected chi connectivity index (χ4v) is 3.18. The number of carbonyl (C=O) groups is 1. The van der Waals surface area contributed by atoms with Gasteiger partial charge in [-0.15, -0.1) is 0 Å².